The molecular formula is C25H27N3O2S. The Kier molecular flexibility index (Phi) is 5.50. The van der Waals surface area contributed by atoms with Gasteiger partial charge in [0.15, 0.2) is 0 Å². The van der Waals surface area contributed by atoms with Gasteiger partial charge in [0.25, 0.3) is 0 Å². The number of thiazole rings is 1. The van der Waals surface area contributed by atoms with E-state index in [-0.39, 0.29) is 17.2 Å². The molecule has 1 amide bonds. The molecular weight excluding hydrogens is 406 g/mol. The lowest BCUT2D eigenvalue weighted by atomic mass is 9.90. The van der Waals surface area contributed by atoms with E-state index in [0.717, 1.165) is 49.6 Å². The first kappa shape index (κ1) is 20.2. The fraction of sp³-hybridized carbons (Fsp3) is 0.360. The number of amides is 1. The quantitative estimate of drug-likeness (QED) is 0.590. The number of carbonyl (C=O) groups is 1. The zero-order valence-corrected chi connectivity index (χ0v) is 18.5. The van der Waals surface area contributed by atoms with E-state index in [1.165, 1.54) is 10.4 Å². The molecule has 0 bridgehead atoms. The molecule has 0 unspecified atom stereocenters. The number of benzene rings is 2. The van der Waals surface area contributed by atoms with E-state index >= 15 is 0 Å². The van der Waals surface area contributed by atoms with Gasteiger partial charge in [-0.25, -0.2) is 4.98 Å². The Morgan fingerprint density at radius 3 is 2.68 bits per heavy atom. The van der Waals surface area contributed by atoms with Crippen LogP contribution in [0.1, 0.15) is 24.1 Å². The van der Waals surface area contributed by atoms with Crippen LogP contribution >= 0.6 is 11.3 Å². The molecule has 1 aliphatic carbocycles. The van der Waals surface area contributed by atoms with Crippen LogP contribution in [0.15, 0.2) is 60.8 Å². The number of nitrogens with one attached hydrogen (secondary N) is 1. The van der Waals surface area contributed by atoms with Gasteiger partial charge in [0.2, 0.25) is 5.91 Å². The summed E-state index contributed by atoms with van der Waals surface area (Å²) >= 11 is 1.78. The topological polar surface area (TPSA) is 54.5 Å². The second-order valence-electron chi connectivity index (χ2n) is 8.58. The highest BCUT2D eigenvalue weighted by molar-refractivity contribution is 7.15. The standard InChI is InChI=1S/C25H27N3O2S/c1-30-22-10-6-5-9-21(22)27-23(29)20-15-25(20)11-13-28(14-12-25)17-19-16-26-24(31-19)18-7-3-2-4-8-18/h2-10,16,20H,11-15,17H2,1H3,(H,27,29)/t20-/m0/s1. The molecule has 2 aliphatic rings. The van der Waals surface area contributed by atoms with Gasteiger partial charge in [-0.3, -0.25) is 9.69 Å². The molecule has 1 spiro atoms. The largest absolute Gasteiger partial charge is 0.495 e. The summed E-state index contributed by atoms with van der Waals surface area (Å²) in [5, 5.41) is 4.16. The van der Waals surface area contributed by atoms with Crippen LogP contribution in [0.4, 0.5) is 5.69 Å². The van der Waals surface area contributed by atoms with Crippen LogP contribution in [0.2, 0.25) is 0 Å². The Morgan fingerprint density at radius 2 is 1.90 bits per heavy atom. The summed E-state index contributed by atoms with van der Waals surface area (Å²) in [4.78, 5) is 21.3. The molecule has 1 N–H and O–H groups in total. The summed E-state index contributed by atoms with van der Waals surface area (Å²) in [6.45, 7) is 3.02. The first-order valence-corrected chi connectivity index (χ1v) is 11.6. The maximum atomic E-state index is 12.8. The molecule has 1 aromatic heterocycles. The lowest BCUT2D eigenvalue weighted by Crippen LogP contribution is -2.35. The van der Waals surface area contributed by atoms with Crippen LogP contribution in [0.3, 0.4) is 0 Å². The molecule has 31 heavy (non-hydrogen) atoms. The molecule has 5 nitrogen and oxygen atoms in total. The molecule has 1 saturated carbocycles. The Hall–Kier alpha value is -2.70. The van der Waals surface area contributed by atoms with Crippen molar-refractivity contribution in [3.05, 3.63) is 65.7 Å². The van der Waals surface area contributed by atoms with Crippen molar-refractivity contribution in [3.8, 4) is 16.3 Å². The predicted molar refractivity (Wildman–Crippen MR) is 124 cm³/mol. The molecule has 2 heterocycles. The first-order chi connectivity index (χ1) is 15.2. The van der Waals surface area contributed by atoms with Crippen molar-refractivity contribution in [2.45, 2.75) is 25.8 Å². The third kappa shape index (κ3) is 4.23. The van der Waals surface area contributed by atoms with Crippen LogP contribution in [-0.4, -0.2) is 36.0 Å². The van der Waals surface area contributed by atoms with Gasteiger partial charge in [-0.2, -0.15) is 0 Å². The average Bonchev–Trinajstić information content (AvgIpc) is 3.31. The fourth-order valence-electron chi connectivity index (χ4n) is 4.71. The molecule has 5 rings (SSSR count). The normalized spacial score (nSPS) is 19.8. The maximum Gasteiger partial charge on any atom is 0.228 e. The van der Waals surface area contributed by atoms with E-state index in [4.69, 9.17) is 4.74 Å². The summed E-state index contributed by atoms with van der Waals surface area (Å²) in [5.74, 6) is 0.959. The molecule has 2 aromatic carbocycles. The number of para-hydroxylation sites is 2. The number of piperidine rings is 1. The van der Waals surface area contributed by atoms with Crippen molar-refractivity contribution in [2.75, 3.05) is 25.5 Å². The second kappa shape index (κ2) is 8.44. The van der Waals surface area contributed by atoms with Gasteiger partial charge in [0.1, 0.15) is 10.8 Å². The number of hydrogen-bond acceptors (Lipinski definition) is 5. The molecule has 6 heteroatoms. The number of aromatic nitrogens is 1. The monoisotopic (exact) mass is 433 g/mol. The third-order valence-electron chi connectivity index (χ3n) is 6.68. The molecule has 0 radical (unpaired) electrons. The van der Waals surface area contributed by atoms with E-state index in [1.807, 2.05) is 36.5 Å². The van der Waals surface area contributed by atoms with Crippen molar-refractivity contribution in [1.82, 2.24) is 9.88 Å². The summed E-state index contributed by atoms with van der Waals surface area (Å²) in [6.07, 6.45) is 5.18. The summed E-state index contributed by atoms with van der Waals surface area (Å²) in [7, 11) is 1.63. The van der Waals surface area contributed by atoms with Gasteiger partial charge >= 0.3 is 0 Å². The van der Waals surface area contributed by atoms with Crippen molar-refractivity contribution < 1.29 is 9.53 Å². The molecule has 160 valence electrons. The van der Waals surface area contributed by atoms with Gasteiger partial charge < -0.3 is 10.1 Å². The number of anilines is 1. The van der Waals surface area contributed by atoms with Crippen molar-refractivity contribution in [1.29, 1.82) is 0 Å². The SMILES string of the molecule is COc1ccccc1NC(=O)[C@@H]1CC12CCN(Cc1cnc(-c3ccccc3)s1)CC2. The summed E-state index contributed by atoms with van der Waals surface area (Å²) in [6, 6.07) is 18.0. The van der Waals surface area contributed by atoms with E-state index in [1.54, 1.807) is 18.4 Å². The Balaban J connectivity index is 1.14. The van der Waals surface area contributed by atoms with Gasteiger partial charge in [-0.1, -0.05) is 42.5 Å². The lowest BCUT2D eigenvalue weighted by molar-refractivity contribution is -0.118. The minimum absolute atomic E-state index is 0.118. The molecule has 1 aliphatic heterocycles. The van der Waals surface area contributed by atoms with Gasteiger partial charge in [-0.05, 0) is 49.9 Å². The number of ether oxygens (including phenoxy) is 1. The van der Waals surface area contributed by atoms with E-state index in [2.05, 4.69) is 39.5 Å². The lowest BCUT2D eigenvalue weighted by Gasteiger charge is -2.32. The summed E-state index contributed by atoms with van der Waals surface area (Å²) in [5.41, 5.74) is 2.12. The number of hydrogen-bond donors (Lipinski definition) is 1. The third-order valence-corrected chi connectivity index (χ3v) is 7.71. The number of carbonyl (C=O) groups excluding carboxylic acids is 1. The maximum absolute atomic E-state index is 12.8. The van der Waals surface area contributed by atoms with Gasteiger partial charge in [0.05, 0.1) is 12.8 Å². The van der Waals surface area contributed by atoms with Crippen LogP contribution in [0.5, 0.6) is 5.75 Å². The highest BCUT2D eigenvalue weighted by atomic mass is 32.1. The highest BCUT2D eigenvalue weighted by Crippen LogP contribution is 2.59. The Morgan fingerprint density at radius 1 is 1.16 bits per heavy atom. The zero-order valence-electron chi connectivity index (χ0n) is 17.7. The van der Waals surface area contributed by atoms with Crippen molar-refractivity contribution in [2.24, 2.45) is 11.3 Å². The molecule has 1 atom stereocenters. The zero-order chi connectivity index (χ0) is 21.3. The smallest absolute Gasteiger partial charge is 0.228 e. The summed E-state index contributed by atoms with van der Waals surface area (Å²) < 4.78 is 5.36. The van der Waals surface area contributed by atoms with E-state index in [0.29, 0.717) is 5.75 Å². The molecule has 3 aromatic rings. The average molecular weight is 434 g/mol. The van der Waals surface area contributed by atoms with Crippen molar-refractivity contribution in [3.63, 3.8) is 0 Å². The Bertz CT molecular complexity index is 1060. The first-order valence-electron chi connectivity index (χ1n) is 10.8. The number of methoxy groups -OCH3 is 1. The van der Waals surface area contributed by atoms with E-state index in [9.17, 15) is 4.79 Å². The Labute approximate surface area is 187 Å². The van der Waals surface area contributed by atoms with Crippen LogP contribution in [0, 0.1) is 11.3 Å². The van der Waals surface area contributed by atoms with Gasteiger partial charge in [-0.15, -0.1) is 11.3 Å². The number of likely N-dealkylation sites (tertiary alicyclic amines) is 1. The van der Waals surface area contributed by atoms with E-state index < -0.39 is 0 Å². The number of rotatable bonds is 6. The number of nitrogens with zero attached hydrogens (tertiary/aromatic N) is 2. The highest BCUT2D eigenvalue weighted by Gasteiger charge is 2.58. The second-order valence-corrected chi connectivity index (χ2v) is 9.70. The van der Waals surface area contributed by atoms with Crippen LogP contribution < -0.4 is 10.1 Å². The minimum atomic E-state index is 0.118. The molecule has 2 fully saturated rings. The van der Waals surface area contributed by atoms with Crippen LogP contribution in [0.25, 0.3) is 10.6 Å². The van der Waals surface area contributed by atoms with Gasteiger partial charge in [0, 0.05) is 29.1 Å². The van der Waals surface area contributed by atoms with Crippen LogP contribution in [-0.2, 0) is 11.3 Å². The predicted octanol–water partition coefficient (Wildman–Crippen LogP) is 5.06. The molecule has 1 saturated heterocycles. The minimum Gasteiger partial charge on any atom is -0.495 e. The fourth-order valence-corrected chi connectivity index (χ4v) is 5.67. The van der Waals surface area contributed by atoms with Crippen molar-refractivity contribution >= 4 is 22.9 Å².